The summed E-state index contributed by atoms with van der Waals surface area (Å²) in [5, 5.41) is 22.4. The first-order valence-corrected chi connectivity index (χ1v) is 17.5. The number of fused-ring (bicyclic) bond motifs is 2. The summed E-state index contributed by atoms with van der Waals surface area (Å²) in [5.74, 6) is -1.66. The first-order valence-electron chi connectivity index (χ1n) is 16.8. The lowest BCUT2D eigenvalue weighted by Crippen LogP contribution is -2.26. The van der Waals surface area contributed by atoms with Gasteiger partial charge in [0.15, 0.2) is 11.3 Å². The fourth-order valence-corrected chi connectivity index (χ4v) is 7.85. The molecule has 52 heavy (non-hydrogen) atoms. The Bertz CT molecular complexity index is 2200. The van der Waals surface area contributed by atoms with Gasteiger partial charge in [-0.05, 0) is 75.1 Å². The van der Waals surface area contributed by atoms with Crippen molar-refractivity contribution in [2.75, 3.05) is 25.1 Å². The Morgan fingerprint density at radius 3 is 2.10 bits per heavy atom. The van der Waals surface area contributed by atoms with Gasteiger partial charge in [0.05, 0.1) is 55.0 Å². The lowest BCUT2D eigenvalue weighted by atomic mass is 9.89. The lowest BCUT2D eigenvalue weighted by molar-refractivity contribution is -0.140. The molecule has 17 heteroatoms. The van der Waals surface area contributed by atoms with Crippen molar-refractivity contribution in [2.45, 2.75) is 64.9 Å². The van der Waals surface area contributed by atoms with Crippen molar-refractivity contribution in [3.8, 4) is 0 Å². The number of pyridine rings is 2. The molecule has 0 radical (unpaired) electrons. The topological polar surface area (TPSA) is 146 Å². The van der Waals surface area contributed by atoms with Crippen LogP contribution in [0.2, 0.25) is 10.0 Å². The number of benzene rings is 1. The highest BCUT2D eigenvalue weighted by Crippen LogP contribution is 2.42. The molecule has 2 aliphatic rings. The van der Waals surface area contributed by atoms with E-state index >= 15 is 0 Å². The molecule has 6 heterocycles. The number of rotatable bonds is 8. The molecule has 0 saturated carbocycles. The average molecular weight is 761 g/mol. The van der Waals surface area contributed by atoms with Crippen LogP contribution < -0.4 is 5.32 Å². The number of anilines is 1. The van der Waals surface area contributed by atoms with Gasteiger partial charge in [-0.2, -0.15) is 23.4 Å². The van der Waals surface area contributed by atoms with Crippen molar-refractivity contribution in [2.24, 2.45) is 11.8 Å². The number of hydrogen-bond donors (Lipinski definition) is 2. The van der Waals surface area contributed by atoms with Gasteiger partial charge in [-0.1, -0.05) is 23.2 Å². The van der Waals surface area contributed by atoms with Crippen LogP contribution in [0.5, 0.6) is 0 Å². The Labute approximate surface area is 305 Å². The van der Waals surface area contributed by atoms with E-state index in [1.165, 1.54) is 18.3 Å². The Morgan fingerprint density at radius 2 is 1.48 bits per heavy atom. The van der Waals surface area contributed by atoms with Crippen LogP contribution in [0.4, 0.5) is 18.9 Å². The zero-order valence-corrected chi connectivity index (χ0v) is 29.6. The van der Waals surface area contributed by atoms with Crippen LogP contribution in [0, 0.1) is 25.7 Å². The average Bonchev–Trinajstić information content (AvgIpc) is 3.60. The number of nitrogens with zero attached hydrogens (tertiary/aromatic N) is 6. The van der Waals surface area contributed by atoms with E-state index in [9.17, 15) is 27.9 Å². The zero-order chi connectivity index (χ0) is 36.9. The number of nitrogens with one attached hydrogen (secondary N) is 1. The number of hydrogen-bond acceptors (Lipinski definition) is 8. The number of carboxylic acid groups (broad SMARTS) is 1. The van der Waals surface area contributed by atoms with Crippen LogP contribution in [0.1, 0.15) is 75.0 Å². The number of carbonyl (C=O) groups excluding carboxylic acids is 1. The Kier molecular flexibility index (Phi) is 9.89. The summed E-state index contributed by atoms with van der Waals surface area (Å²) in [5.41, 5.74) is 1.06. The lowest BCUT2D eigenvalue weighted by Gasteiger charge is -2.31. The third-order valence-electron chi connectivity index (χ3n) is 9.78. The highest BCUT2D eigenvalue weighted by Gasteiger charge is 2.38. The number of aromatic carboxylic acids is 1. The quantitative estimate of drug-likeness (QED) is 0.163. The van der Waals surface area contributed by atoms with Crippen molar-refractivity contribution in [1.82, 2.24) is 29.5 Å². The molecule has 274 valence electrons. The van der Waals surface area contributed by atoms with E-state index in [1.807, 2.05) is 0 Å². The third-order valence-corrected chi connectivity index (χ3v) is 10.6. The number of amides is 1. The van der Waals surface area contributed by atoms with Gasteiger partial charge in [-0.3, -0.25) is 4.79 Å². The molecule has 2 N–H and O–H groups in total. The van der Waals surface area contributed by atoms with Crippen LogP contribution >= 0.6 is 23.2 Å². The molecule has 7 rings (SSSR count). The molecule has 4 aromatic heterocycles. The van der Waals surface area contributed by atoms with Gasteiger partial charge in [0, 0.05) is 51.0 Å². The van der Waals surface area contributed by atoms with Crippen molar-refractivity contribution in [1.29, 1.82) is 0 Å². The smallest absolute Gasteiger partial charge is 0.416 e. The molecule has 5 aromatic rings. The molecule has 12 nitrogen and oxygen atoms in total. The van der Waals surface area contributed by atoms with Gasteiger partial charge in [0.1, 0.15) is 0 Å². The van der Waals surface area contributed by atoms with E-state index in [-0.39, 0.29) is 57.9 Å². The normalized spacial score (nSPS) is 18.7. The molecule has 1 aromatic carbocycles. The minimum absolute atomic E-state index is 0.0209. The summed E-state index contributed by atoms with van der Waals surface area (Å²) in [4.78, 5) is 33.9. The van der Waals surface area contributed by atoms with E-state index in [0.717, 1.165) is 25.1 Å². The molecule has 2 saturated heterocycles. The fourth-order valence-electron chi connectivity index (χ4n) is 7.14. The maximum Gasteiger partial charge on any atom is 0.416 e. The van der Waals surface area contributed by atoms with Gasteiger partial charge in [-0.25, -0.2) is 24.1 Å². The predicted molar refractivity (Wildman–Crippen MR) is 186 cm³/mol. The Morgan fingerprint density at radius 1 is 0.904 bits per heavy atom. The van der Waals surface area contributed by atoms with Crippen LogP contribution in [0.15, 0.2) is 30.6 Å². The van der Waals surface area contributed by atoms with Gasteiger partial charge in [-0.15, -0.1) is 0 Å². The predicted octanol–water partition coefficient (Wildman–Crippen LogP) is 7.66. The van der Waals surface area contributed by atoms with Gasteiger partial charge >= 0.3 is 12.1 Å². The monoisotopic (exact) mass is 759 g/mol. The number of aryl methyl sites for hydroxylation is 2. The first kappa shape index (κ1) is 36.1. The highest BCUT2D eigenvalue weighted by atomic mass is 35.5. The summed E-state index contributed by atoms with van der Waals surface area (Å²) >= 11 is 13.1. The highest BCUT2D eigenvalue weighted by molar-refractivity contribution is 6.39. The van der Waals surface area contributed by atoms with Crippen LogP contribution in [0.25, 0.3) is 22.1 Å². The number of aromatic nitrogens is 6. The SMILES string of the molecule is Cc1nn(CC2CCOC(c3cc(NC(=O)c4cnc5c(c(C)nn5CC5CCOCC5)c4Cl)ccc3C(F)(F)F)C2)c2ncc(C(=O)O)c(Cl)c12. The number of carbonyl (C=O) groups is 2. The van der Waals surface area contributed by atoms with Gasteiger partial charge in [0.25, 0.3) is 5.91 Å². The third kappa shape index (κ3) is 6.94. The summed E-state index contributed by atoms with van der Waals surface area (Å²) in [7, 11) is 0. The minimum atomic E-state index is -4.69. The molecular formula is C35H34Cl2F3N7O5. The van der Waals surface area contributed by atoms with E-state index in [0.29, 0.717) is 65.6 Å². The molecular weight excluding hydrogens is 726 g/mol. The number of carboxylic acids is 1. The number of alkyl halides is 3. The molecule has 0 spiro atoms. The summed E-state index contributed by atoms with van der Waals surface area (Å²) < 4.78 is 57.8. The van der Waals surface area contributed by atoms with E-state index in [2.05, 4.69) is 25.5 Å². The second-order valence-electron chi connectivity index (χ2n) is 13.3. The number of halogens is 5. The molecule has 2 unspecified atom stereocenters. The molecule has 2 fully saturated rings. The standard InChI is InChI=1S/C35H34Cl2F3N7O5/c1-17-27-29(36)23(13-41-31(27)46(44-17)15-19-5-8-51-9-6-19)33(48)43-21-3-4-25(35(38,39)40)22(12-21)26-11-20(7-10-52-26)16-47-32-28(18(2)45-47)30(37)24(14-42-32)34(49)50/h3-4,12-14,19-20,26H,5-11,15-16H2,1-2H3,(H,43,48)(H,49,50). The van der Waals surface area contributed by atoms with Crippen LogP contribution in [-0.4, -0.2) is 66.3 Å². The van der Waals surface area contributed by atoms with Crippen molar-refractivity contribution >= 4 is 62.8 Å². The maximum atomic E-state index is 14.3. The van der Waals surface area contributed by atoms with Gasteiger partial charge in [0.2, 0.25) is 0 Å². The Balaban J connectivity index is 1.13. The van der Waals surface area contributed by atoms with Crippen molar-refractivity contribution in [3.05, 3.63) is 74.3 Å². The van der Waals surface area contributed by atoms with E-state index < -0.39 is 29.7 Å². The molecule has 1 amide bonds. The summed E-state index contributed by atoms with van der Waals surface area (Å²) in [6, 6.07) is 3.41. The van der Waals surface area contributed by atoms with Crippen LogP contribution in [0.3, 0.4) is 0 Å². The first-order chi connectivity index (χ1) is 24.8. The second kappa shape index (κ2) is 14.3. The summed E-state index contributed by atoms with van der Waals surface area (Å²) in [6.07, 6.45) is -0.561. The van der Waals surface area contributed by atoms with Gasteiger partial charge < -0.3 is 19.9 Å². The summed E-state index contributed by atoms with van der Waals surface area (Å²) in [6.45, 7) is 5.96. The molecule has 0 aliphatic carbocycles. The van der Waals surface area contributed by atoms with Crippen LogP contribution in [-0.2, 0) is 28.7 Å². The van der Waals surface area contributed by atoms with Crippen molar-refractivity contribution < 1.29 is 37.3 Å². The Hall–Kier alpha value is -4.31. The minimum Gasteiger partial charge on any atom is -0.478 e. The zero-order valence-electron chi connectivity index (χ0n) is 28.1. The maximum absolute atomic E-state index is 14.3. The molecule has 2 aliphatic heterocycles. The second-order valence-corrected chi connectivity index (χ2v) is 14.0. The molecule has 2 atom stereocenters. The van der Waals surface area contributed by atoms with Crippen molar-refractivity contribution in [3.63, 3.8) is 0 Å². The largest absolute Gasteiger partial charge is 0.478 e. The molecule has 0 bridgehead atoms. The van der Waals surface area contributed by atoms with E-state index in [4.69, 9.17) is 32.7 Å². The van der Waals surface area contributed by atoms with E-state index in [1.54, 1.807) is 23.2 Å². The fraction of sp³-hybridized carbons (Fsp3) is 0.429. The number of ether oxygens (including phenoxy) is 2.